The second-order valence-electron chi connectivity index (χ2n) is 11.5. The highest BCUT2D eigenvalue weighted by Gasteiger charge is 2.56. The van der Waals surface area contributed by atoms with E-state index in [1.165, 1.54) is 5.56 Å². The molecule has 0 N–H and O–H groups in total. The molecule has 1 aromatic rings. The number of aliphatic imine (C=N–C) groups is 1. The van der Waals surface area contributed by atoms with E-state index in [9.17, 15) is 4.79 Å². The fraction of sp³-hybridized carbons (Fsp3) is 0.667. The van der Waals surface area contributed by atoms with Crippen molar-refractivity contribution in [1.82, 2.24) is 4.90 Å². The van der Waals surface area contributed by atoms with Crippen LogP contribution < -0.4 is 5.46 Å². The molecule has 3 aliphatic heterocycles. The Morgan fingerprint density at radius 1 is 1.16 bits per heavy atom. The van der Waals surface area contributed by atoms with Crippen LogP contribution in [-0.4, -0.2) is 52.7 Å². The zero-order chi connectivity index (χ0) is 22.3. The van der Waals surface area contributed by atoms with Gasteiger partial charge in [-0.3, -0.25) is 9.89 Å². The van der Waals surface area contributed by atoms with Gasteiger partial charge < -0.3 is 14.0 Å². The fourth-order valence-corrected chi connectivity index (χ4v) is 4.89. The van der Waals surface area contributed by atoms with Crippen LogP contribution in [0.5, 0.6) is 0 Å². The van der Waals surface area contributed by atoms with E-state index in [1.807, 2.05) is 31.7 Å². The molecule has 2 saturated heterocycles. The van der Waals surface area contributed by atoms with Crippen LogP contribution in [-0.2, 0) is 20.5 Å². The average Bonchev–Trinajstić information content (AvgIpc) is 3.02. The Morgan fingerprint density at radius 2 is 1.84 bits per heavy atom. The summed E-state index contributed by atoms with van der Waals surface area (Å²) in [7, 11) is -0.378. The van der Waals surface area contributed by atoms with Gasteiger partial charge in [0.05, 0.1) is 22.9 Å². The van der Waals surface area contributed by atoms with Crippen LogP contribution in [0.25, 0.3) is 0 Å². The summed E-state index contributed by atoms with van der Waals surface area (Å²) in [4.78, 5) is 19.8. The zero-order valence-corrected chi connectivity index (χ0v) is 19.7. The molecule has 166 valence electrons. The van der Waals surface area contributed by atoms with Crippen molar-refractivity contribution in [2.45, 2.75) is 96.6 Å². The number of fused-ring (bicyclic) bond motifs is 2. The van der Waals surface area contributed by atoms with Gasteiger partial charge in [-0.15, -0.1) is 0 Å². The highest BCUT2D eigenvalue weighted by Crippen LogP contribution is 2.49. The second kappa shape index (κ2) is 6.58. The molecule has 0 bridgehead atoms. The van der Waals surface area contributed by atoms with E-state index in [2.05, 4.69) is 39.8 Å². The lowest BCUT2D eigenvalue weighted by atomic mass is 9.78. The smallest absolute Gasteiger partial charge is 0.444 e. The van der Waals surface area contributed by atoms with Gasteiger partial charge in [-0.1, -0.05) is 12.1 Å². The van der Waals surface area contributed by atoms with Crippen molar-refractivity contribution in [3.05, 3.63) is 23.8 Å². The van der Waals surface area contributed by atoms with E-state index >= 15 is 0 Å². The van der Waals surface area contributed by atoms with Gasteiger partial charge in [0.1, 0.15) is 5.60 Å². The third-order valence-corrected chi connectivity index (χ3v) is 7.36. The zero-order valence-electron chi connectivity index (χ0n) is 19.7. The number of nitrogens with zero attached hydrogens (tertiary/aromatic N) is 2. The maximum atomic E-state index is 12.9. The summed E-state index contributed by atoms with van der Waals surface area (Å²) in [5.41, 5.74) is 3.03. The molecule has 31 heavy (non-hydrogen) atoms. The number of hydrogen-bond acceptors (Lipinski definition) is 5. The third-order valence-electron chi connectivity index (χ3n) is 7.36. The van der Waals surface area contributed by atoms with E-state index < -0.39 is 5.60 Å². The van der Waals surface area contributed by atoms with Gasteiger partial charge in [0.25, 0.3) is 0 Å². The summed E-state index contributed by atoms with van der Waals surface area (Å²) in [6, 6.07) is 6.60. The molecule has 1 saturated carbocycles. The first kappa shape index (κ1) is 21.0. The average molecular weight is 424 g/mol. The van der Waals surface area contributed by atoms with Crippen molar-refractivity contribution in [1.29, 1.82) is 0 Å². The van der Waals surface area contributed by atoms with Crippen molar-refractivity contribution >= 4 is 30.1 Å². The van der Waals surface area contributed by atoms with Gasteiger partial charge in [0.2, 0.25) is 0 Å². The van der Waals surface area contributed by atoms with Crippen LogP contribution in [0, 0.1) is 5.92 Å². The van der Waals surface area contributed by atoms with Crippen molar-refractivity contribution in [2.75, 3.05) is 0 Å². The van der Waals surface area contributed by atoms with E-state index in [-0.39, 0.29) is 30.5 Å². The first-order chi connectivity index (χ1) is 14.3. The minimum Gasteiger partial charge on any atom is -0.444 e. The Balaban J connectivity index is 1.33. The summed E-state index contributed by atoms with van der Waals surface area (Å²) in [5, 5.41) is 0. The van der Waals surface area contributed by atoms with E-state index in [0.717, 1.165) is 36.1 Å². The highest BCUT2D eigenvalue weighted by atomic mass is 16.7. The van der Waals surface area contributed by atoms with E-state index in [1.54, 1.807) is 0 Å². The van der Waals surface area contributed by atoms with Gasteiger partial charge >= 0.3 is 13.2 Å². The number of benzene rings is 1. The minimum absolute atomic E-state index is 0.0336. The van der Waals surface area contributed by atoms with Crippen LogP contribution in [0.4, 0.5) is 10.5 Å². The number of hydrogen-bond donors (Lipinski definition) is 0. The predicted octanol–water partition coefficient (Wildman–Crippen LogP) is 4.01. The van der Waals surface area contributed by atoms with Crippen LogP contribution in [0.15, 0.2) is 23.2 Å². The lowest BCUT2D eigenvalue weighted by Gasteiger charge is -2.32. The number of rotatable bonds is 2. The van der Waals surface area contributed by atoms with Crippen LogP contribution in [0.1, 0.15) is 66.9 Å². The van der Waals surface area contributed by atoms with Gasteiger partial charge in [-0.2, -0.15) is 0 Å². The molecule has 1 aliphatic carbocycles. The normalized spacial score (nSPS) is 30.2. The first-order valence-corrected chi connectivity index (χ1v) is 11.4. The Labute approximate surface area is 185 Å². The third kappa shape index (κ3) is 3.60. The van der Waals surface area contributed by atoms with Gasteiger partial charge in [0, 0.05) is 18.2 Å². The summed E-state index contributed by atoms with van der Waals surface area (Å²) in [6.45, 7) is 14.0. The molecule has 1 aromatic carbocycles. The Morgan fingerprint density at radius 3 is 2.48 bits per heavy atom. The number of piperidine rings is 1. The minimum atomic E-state index is -0.493. The Hall–Kier alpha value is -1.86. The highest BCUT2D eigenvalue weighted by molar-refractivity contribution is 6.62. The summed E-state index contributed by atoms with van der Waals surface area (Å²) in [6.07, 6.45) is 2.62. The second-order valence-corrected chi connectivity index (χ2v) is 11.5. The molecule has 6 nitrogen and oxygen atoms in total. The molecule has 4 aliphatic rings. The molecule has 3 fully saturated rings. The molecule has 3 heterocycles. The standard InChI is InChI=1S/C24H33BN2O4/c1-22(2,3)29-21(28)27-19-12-15(19)13-20(27)18-11-14-10-16(8-9-17(14)26-18)25-30-23(4,5)24(6,7)31-25/h8-10,15,19-20H,11-13H2,1-7H3/t15-,19-,20+/m1/s1. The van der Waals surface area contributed by atoms with Crippen molar-refractivity contribution in [2.24, 2.45) is 10.9 Å². The number of carbonyl (C=O) groups is 1. The maximum Gasteiger partial charge on any atom is 0.494 e. The number of amides is 1. The van der Waals surface area contributed by atoms with Crippen LogP contribution >= 0.6 is 0 Å². The van der Waals surface area contributed by atoms with Gasteiger partial charge in [-0.25, -0.2) is 4.79 Å². The Bertz CT molecular complexity index is 949. The Kier molecular flexibility index (Phi) is 4.46. The van der Waals surface area contributed by atoms with Crippen LogP contribution in [0.3, 0.4) is 0 Å². The molecule has 0 aromatic heterocycles. The maximum absolute atomic E-state index is 12.9. The molecular weight excluding hydrogens is 391 g/mol. The number of likely N-dealkylation sites (tertiary alicyclic amines) is 1. The lowest BCUT2D eigenvalue weighted by molar-refractivity contribution is 0.00578. The molecule has 0 radical (unpaired) electrons. The molecule has 3 atom stereocenters. The van der Waals surface area contributed by atoms with Gasteiger partial charge in [-0.05, 0) is 84.3 Å². The van der Waals surface area contributed by atoms with Crippen molar-refractivity contribution in [3.63, 3.8) is 0 Å². The van der Waals surface area contributed by atoms with Crippen LogP contribution in [0.2, 0.25) is 0 Å². The molecule has 1 amide bonds. The topological polar surface area (TPSA) is 60.4 Å². The van der Waals surface area contributed by atoms with Crippen molar-refractivity contribution in [3.8, 4) is 0 Å². The molecule has 5 rings (SSSR count). The van der Waals surface area contributed by atoms with E-state index in [0.29, 0.717) is 12.0 Å². The quantitative estimate of drug-likeness (QED) is 0.674. The largest absolute Gasteiger partial charge is 0.494 e. The monoisotopic (exact) mass is 424 g/mol. The SMILES string of the molecule is CC(C)(C)OC(=O)N1[C@@H]2C[C@@H]2C[C@H]1C1=Nc2ccc(B3OC(C)(C)C(C)(C)O3)cc2C1. The fourth-order valence-electron chi connectivity index (χ4n) is 4.89. The summed E-state index contributed by atoms with van der Waals surface area (Å²) in [5.74, 6) is 0.587. The molecule has 7 heteroatoms. The first-order valence-electron chi connectivity index (χ1n) is 11.4. The van der Waals surface area contributed by atoms with Gasteiger partial charge in [0.15, 0.2) is 0 Å². The molecular formula is C24H33BN2O4. The molecule has 0 spiro atoms. The lowest BCUT2D eigenvalue weighted by Crippen LogP contribution is -2.45. The predicted molar refractivity (Wildman–Crippen MR) is 121 cm³/mol. The molecule has 0 unspecified atom stereocenters. The summed E-state index contributed by atoms with van der Waals surface area (Å²) < 4.78 is 18.2. The number of carbonyl (C=O) groups excluding carboxylic acids is 1. The number of ether oxygens (including phenoxy) is 1. The van der Waals surface area contributed by atoms with E-state index in [4.69, 9.17) is 19.0 Å². The van der Waals surface area contributed by atoms with Crippen molar-refractivity contribution < 1.29 is 18.8 Å². The summed E-state index contributed by atoms with van der Waals surface area (Å²) >= 11 is 0.